The first-order valence-electron chi connectivity index (χ1n) is 10.7. The molecule has 170 valence electrons. The highest BCUT2D eigenvalue weighted by molar-refractivity contribution is 7.28. The van der Waals surface area contributed by atoms with E-state index in [1.165, 1.54) is 0 Å². The van der Waals surface area contributed by atoms with Crippen molar-refractivity contribution in [3.05, 3.63) is 34.6 Å². The van der Waals surface area contributed by atoms with Gasteiger partial charge in [-0.15, -0.1) is 9.24 Å². The molecular formula is C23H35N4O3P. The zero-order valence-corrected chi connectivity index (χ0v) is 20.8. The maximum atomic E-state index is 13.1. The topological polar surface area (TPSA) is 70.8 Å². The molecule has 1 fully saturated rings. The number of carbonyl (C=O) groups excluding carboxylic acids is 1. The van der Waals surface area contributed by atoms with Gasteiger partial charge in [0.2, 0.25) is 5.91 Å². The second kappa shape index (κ2) is 8.79. The minimum atomic E-state index is -1.03. The molecule has 2 heterocycles. The van der Waals surface area contributed by atoms with Crippen molar-refractivity contribution < 1.29 is 14.6 Å². The summed E-state index contributed by atoms with van der Waals surface area (Å²) < 4.78 is 7.22. The number of anilines is 1. The summed E-state index contributed by atoms with van der Waals surface area (Å²) in [5.41, 5.74) is 3.66. The summed E-state index contributed by atoms with van der Waals surface area (Å²) in [6, 6.07) is 4.27. The molecule has 1 amide bonds. The Balaban J connectivity index is 1.73. The van der Waals surface area contributed by atoms with Crippen LogP contribution in [0.2, 0.25) is 0 Å². The van der Waals surface area contributed by atoms with Crippen molar-refractivity contribution in [2.24, 2.45) is 0 Å². The first-order valence-corrected chi connectivity index (χ1v) is 11.3. The average Bonchev–Trinajstić information content (AvgIpc) is 2.96. The SMILES string of the molecule is COc1cc(N2CCN(C(=O)Cn3nc(C(C)(C)O)c(C)c3C)C(C)C2)c(P)cc1C. The molecular weight excluding hydrogens is 411 g/mol. The fourth-order valence-corrected chi connectivity index (χ4v) is 4.85. The number of piperazine rings is 1. The van der Waals surface area contributed by atoms with E-state index in [1.54, 1.807) is 25.6 Å². The van der Waals surface area contributed by atoms with Crippen molar-refractivity contribution >= 4 is 26.1 Å². The van der Waals surface area contributed by atoms with E-state index in [4.69, 9.17) is 4.74 Å². The lowest BCUT2D eigenvalue weighted by molar-refractivity contribution is -0.134. The minimum Gasteiger partial charge on any atom is -0.496 e. The number of aryl methyl sites for hydroxylation is 1. The number of benzene rings is 1. The number of methoxy groups -OCH3 is 1. The number of aliphatic hydroxyl groups is 1. The number of rotatable bonds is 5. The zero-order valence-electron chi connectivity index (χ0n) is 19.7. The summed E-state index contributed by atoms with van der Waals surface area (Å²) in [5.74, 6) is 0.923. The van der Waals surface area contributed by atoms with Crippen LogP contribution >= 0.6 is 9.24 Å². The molecule has 1 aromatic carbocycles. The standard InChI is InChI=1S/C23H35N4O3P/c1-14-10-20(31)18(11-19(14)30-7)25-8-9-26(15(2)12-25)21(28)13-27-17(4)16(3)22(24-27)23(5,6)29/h10-11,15,29H,8-9,12-13,31H2,1-7H3. The van der Waals surface area contributed by atoms with Crippen molar-refractivity contribution in [3.8, 4) is 5.75 Å². The predicted molar refractivity (Wildman–Crippen MR) is 127 cm³/mol. The molecule has 7 nitrogen and oxygen atoms in total. The van der Waals surface area contributed by atoms with Gasteiger partial charge in [0.15, 0.2) is 0 Å². The van der Waals surface area contributed by atoms with Crippen molar-refractivity contribution in [2.45, 2.75) is 59.7 Å². The molecule has 0 radical (unpaired) electrons. The van der Waals surface area contributed by atoms with Gasteiger partial charge >= 0.3 is 0 Å². The maximum absolute atomic E-state index is 13.1. The van der Waals surface area contributed by atoms with Gasteiger partial charge in [-0.1, -0.05) is 0 Å². The number of hydrogen-bond donors (Lipinski definition) is 1. The lowest BCUT2D eigenvalue weighted by Crippen LogP contribution is -2.55. The molecule has 1 aromatic heterocycles. The van der Waals surface area contributed by atoms with Crippen molar-refractivity contribution in [2.75, 3.05) is 31.6 Å². The van der Waals surface area contributed by atoms with Crippen LogP contribution in [0.3, 0.4) is 0 Å². The first-order chi connectivity index (χ1) is 14.4. The molecule has 1 aliphatic heterocycles. The Bertz CT molecular complexity index is 980. The Morgan fingerprint density at radius 1 is 1.29 bits per heavy atom. The van der Waals surface area contributed by atoms with Crippen molar-refractivity contribution in [1.82, 2.24) is 14.7 Å². The van der Waals surface area contributed by atoms with Gasteiger partial charge in [0.1, 0.15) is 17.9 Å². The third-order valence-corrected chi connectivity index (χ3v) is 6.67. The van der Waals surface area contributed by atoms with E-state index in [-0.39, 0.29) is 18.5 Å². The average molecular weight is 447 g/mol. The Morgan fingerprint density at radius 3 is 2.52 bits per heavy atom. The van der Waals surface area contributed by atoms with Gasteiger partial charge in [0.05, 0.1) is 12.8 Å². The Labute approximate surface area is 187 Å². The predicted octanol–water partition coefficient (Wildman–Crippen LogP) is 2.28. The largest absolute Gasteiger partial charge is 0.496 e. The number of amides is 1. The monoisotopic (exact) mass is 446 g/mol. The molecule has 2 aromatic rings. The highest BCUT2D eigenvalue weighted by Crippen LogP contribution is 2.28. The molecule has 0 bridgehead atoms. The lowest BCUT2D eigenvalue weighted by Gasteiger charge is -2.41. The van der Waals surface area contributed by atoms with Gasteiger partial charge in [-0.05, 0) is 64.0 Å². The fourth-order valence-electron chi connectivity index (χ4n) is 4.33. The molecule has 1 N–H and O–H groups in total. The normalized spacial score (nSPS) is 17.3. The number of carbonyl (C=O) groups is 1. The Kier molecular flexibility index (Phi) is 6.68. The number of ether oxygens (including phenoxy) is 1. The zero-order chi connectivity index (χ0) is 23.1. The molecule has 8 heteroatoms. The second-order valence-corrected chi connectivity index (χ2v) is 9.66. The molecule has 0 aliphatic carbocycles. The third kappa shape index (κ3) is 4.73. The Hall–Kier alpha value is -2.11. The van der Waals surface area contributed by atoms with Crippen molar-refractivity contribution in [3.63, 3.8) is 0 Å². The number of aromatic nitrogens is 2. The summed E-state index contributed by atoms with van der Waals surface area (Å²) in [7, 11) is 4.50. The van der Waals surface area contributed by atoms with E-state index in [1.807, 2.05) is 25.7 Å². The van der Waals surface area contributed by atoms with Crippen LogP contribution in [-0.4, -0.2) is 58.5 Å². The van der Waals surface area contributed by atoms with Crippen LogP contribution in [0.4, 0.5) is 5.69 Å². The summed E-state index contributed by atoms with van der Waals surface area (Å²) >= 11 is 0. The van der Waals surface area contributed by atoms with Crippen LogP contribution in [0.1, 0.15) is 43.3 Å². The minimum absolute atomic E-state index is 0.0487. The molecule has 2 unspecified atom stereocenters. The van der Waals surface area contributed by atoms with Crippen LogP contribution in [-0.2, 0) is 16.9 Å². The molecule has 0 spiro atoms. The van der Waals surface area contributed by atoms with E-state index < -0.39 is 5.60 Å². The van der Waals surface area contributed by atoms with Crippen LogP contribution < -0.4 is 14.9 Å². The maximum Gasteiger partial charge on any atom is 0.244 e. The molecule has 1 aliphatic rings. The van der Waals surface area contributed by atoms with E-state index in [0.717, 1.165) is 46.7 Å². The first kappa shape index (κ1) is 23.6. The van der Waals surface area contributed by atoms with E-state index in [0.29, 0.717) is 12.2 Å². The Morgan fingerprint density at radius 2 is 1.97 bits per heavy atom. The summed E-state index contributed by atoms with van der Waals surface area (Å²) in [6.07, 6.45) is 0. The molecule has 3 rings (SSSR count). The van der Waals surface area contributed by atoms with Crippen LogP contribution in [0.25, 0.3) is 0 Å². The molecule has 2 atom stereocenters. The van der Waals surface area contributed by atoms with Gasteiger partial charge in [-0.3, -0.25) is 9.48 Å². The molecule has 1 saturated heterocycles. The van der Waals surface area contributed by atoms with Gasteiger partial charge < -0.3 is 19.6 Å². The third-order valence-electron chi connectivity index (χ3n) is 6.20. The van der Waals surface area contributed by atoms with Gasteiger partial charge in [0, 0.05) is 43.1 Å². The van der Waals surface area contributed by atoms with Crippen LogP contribution in [0.15, 0.2) is 12.1 Å². The van der Waals surface area contributed by atoms with Crippen molar-refractivity contribution in [1.29, 1.82) is 0 Å². The fraction of sp³-hybridized carbons (Fsp3) is 0.565. The van der Waals surface area contributed by atoms with Gasteiger partial charge in [0.25, 0.3) is 0 Å². The van der Waals surface area contributed by atoms with Crippen LogP contribution in [0.5, 0.6) is 5.75 Å². The summed E-state index contributed by atoms with van der Waals surface area (Å²) in [4.78, 5) is 17.4. The number of hydrogen-bond acceptors (Lipinski definition) is 5. The second-order valence-electron chi connectivity index (χ2n) is 9.04. The smallest absolute Gasteiger partial charge is 0.244 e. The molecule has 0 saturated carbocycles. The summed E-state index contributed by atoms with van der Waals surface area (Å²) in [6.45, 7) is 13.8. The van der Waals surface area contributed by atoms with Gasteiger partial charge in [-0.25, -0.2) is 0 Å². The quantitative estimate of drug-likeness (QED) is 0.714. The van der Waals surface area contributed by atoms with E-state index in [9.17, 15) is 9.90 Å². The highest BCUT2D eigenvalue weighted by atomic mass is 31.0. The lowest BCUT2D eigenvalue weighted by atomic mass is 10.0. The number of nitrogens with zero attached hydrogens (tertiary/aromatic N) is 4. The summed E-state index contributed by atoms with van der Waals surface area (Å²) in [5, 5.41) is 16.0. The van der Waals surface area contributed by atoms with Gasteiger partial charge in [-0.2, -0.15) is 5.10 Å². The highest BCUT2D eigenvalue weighted by Gasteiger charge is 2.30. The van der Waals surface area contributed by atoms with Crippen LogP contribution in [0, 0.1) is 20.8 Å². The van der Waals surface area contributed by atoms with E-state index in [2.05, 4.69) is 38.3 Å². The van der Waals surface area contributed by atoms with E-state index >= 15 is 0 Å². The molecule has 31 heavy (non-hydrogen) atoms.